The van der Waals surface area contributed by atoms with Crippen LogP contribution in [0.2, 0.25) is 0 Å². The second kappa shape index (κ2) is 9.64. The third-order valence-electron chi connectivity index (χ3n) is 2.92. The fourth-order valence-electron chi connectivity index (χ4n) is 1.42. The molecule has 0 bridgehead atoms. The zero-order chi connectivity index (χ0) is 12.4. The lowest BCUT2D eigenvalue weighted by Crippen LogP contribution is -2.29. The number of esters is 1. The van der Waals surface area contributed by atoms with Crippen LogP contribution in [0.5, 0.6) is 0 Å². The van der Waals surface area contributed by atoms with Gasteiger partial charge in [0, 0.05) is 0 Å². The van der Waals surface area contributed by atoms with Gasteiger partial charge in [-0.2, -0.15) is 0 Å². The van der Waals surface area contributed by atoms with Crippen LogP contribution in [0.15, 0.2) is 0 Å². The van der Waals surface area contributed by atoms with Crippen LogP contribution in [-0.2, 0) is 9.53 Å². The van der Waals surface area contributed by atoms with Crippen molar-refractivity contribution in [3.05, 3.63) is 0 Å². The summed E-state index contributed by atoms with van der Waals surface area (Å²) in [6, 6.07) is 0. The minimum Gasteiger partial charge on any atom is -0.464 e. The maximum Gasteiger partial charge on any atom is 0.335 e. The molecule has 0 rings (SSSR count). The summed E-state index contributed by atoms with van der Waals surface area (Å²) in [4.78, 5) is 11.4. The van der Waals surface area contributed by atoms with Gasteiger partial charge in [-0.1, -0.05) is 52.9 Å². The lowest BCUT2D eigenvalue weighted by atomic mass is 10.0. The van der Waals surface area contributed by atoms with Crippen molar-refractivity contribution >= 4 is 5.97 Å². The standard InChI is InChI=1S/C13H26O3/c1-4-6-7-8-9-10-16-13(15)12(14)11(3)5-2/h11-12,14H,4-10H2,1-3H3. The van der Waals surface area contributed by atoms with Crippen molar-refractivity contribution in [2.75, 3.05) is 6.61 Å². The fourth-order valence-corrected chi connectivity index (χ4v) is 1.42. The molecule has 0 saturated heterocycles. The number of hydrogen-bond acceptors (Lipinski definition) is 3. The molecular weight excluding hydrogens is 204 g/mol. The van der Waals surface area contributed by atoms with Crippen LogP contribution in [0.4, 0.5) is 0 Å². The first kappa shape index (κ1) is 15.4. The van der Waals surface area contributed by atoms with E-state index in [2.05, 4.69) is 6.92 Å². The average molecular weight is 230 g/mol. The molecule has 0 spiro atoms. The Bertz CT molecular complexity index is 180. The Hall–Kier alpha value is -0.570. The number of carbonyl (C=O) groups is 1. The number of rotatable bonds is 9. The van der Waals surface area contributed by atoms with E-state index >= 15 is 0 Å². The van der Waals surface area contributed by atoms with Crippen LogP contribution in [0.1, 0.15) is 59.3 Å². The van der Waals surface area contributed by atoms with Gasteiger partial charge in [0.05, 0.1) is 6.61 Å². The van der Waals surface area contributed by atoms with Gasteiger partial charge in [-0.25, -0.2) is 4.79 Å². The van der Waals surface area contributed by atoms with Gasteiger partial charge < -0.3 is 9.84 Å². The molecule has 0 radical (unpaired) electrons. The van der Waals surface area contributed by atoms with Crippen LogP contribution in [0, 0.1) is 5.92 Å². The normalized spacial score (nSPS) is 14.5. The number of unbranched alkanes of at least 4 members (excludes halogenated alkanes) is 4. The summed E-state index contributed by atoms with van der Waals surface area (Å²) in [5, 5.41) is 9.55. The number of hydrogen-bond donors (Lipinski definition) is 1. The molecule has 0 aliphatic carbocycles. The van der Waals surface area contributed by atoms with E-state index in [1.54, 1.807) is 0 Å². The van der Waals surface area contributed by atoms with Crippen LogP contribution >= 0.6 is 0 Å². The van der Waals surface area contributed by atoms with E-state index in [4.69, 9.17) is 4.74 Å². The molecule has 2 atom stereocenters. The minimum atomic E-state index is -0.958. The van der Waals surface area contributed by atoms with Gasteiger partial charge in [0.25, 0.3) is 0 Å². The fraction of sp³-hybridized carbons (Fsp3) is 0.923. The lowest BCUT2D eigenvalue weighted by molar-refractivity contribution is -0.156. The summed E-state index contributed by atoms with van der Waals surface area (Å²) in [6.45, 7) is 6.41. The summed E-state index contributed by atoms with van der Waals surface area (Å²) in [5.41, 5.74) is 0. The highest BCUT2D eigenvalue weighted by molar-refractivity contribution is 5.74. The average Bonchev–Trinajstić information content (AvgIpc) is 2.31. The monoisotopic (exact) mass is 230 g/mol. The molecule has 0 saturated carbocycles. The van der Waals surface area contributed by atoms with E-state index in [0.29, 0.717) is 6.61 Å². The lowest BCUT2D eigenvalue weighted by Gasteiger charge is -2.15. The van der Waals surface area contributed by atoms with Crippen molar-refractivity contribution in [3.63, 3.8) is 0 Å². The minimum absolute atomic E-state index is 0.0207. The first-order valence-corrected chi connectivity index (χ1v) is 6.48. The van der Waals surface area contributed by atoms with Crippen LogP contribution in [-0.4, -0.2) is 23.8 Å². The molecule has 0 aromatic rings. The Kier molecular flexibility index (Phi) is 9.30. The highest BCUT2D eigenvalue weighted by atomic mass is 16.5. The molecule has 0 heterocycles. The summed E-state index contributed by atoms with van der Waals surface area (Å²) in [7, 11) is 0. The van der Waals surface area contributed by atoms with Crippen molar-refractivity contribution in [3.8, 4) is 0 Å². The number of ether oxygens (including phenoxy) is 1. The van der Waals surface area contributed by atoms with Crippen LogP contribution in [0.3, 0.4) is 0 Å². The summed E-state index contributed by atoms with van der Waals surface area (Å²) in [6.07, 6.45) is 5.48. The van der Waals surface area contributed by atoms with E-state index in [1.807, 2.05) is 13.8 Å². The zero-order valence-electron chi connectivity index (χ0n) is 10.9. The van der Waals surface area contributed by atoms with Gasteiger partial charge in [-0.15, -0.1) is 0 Å². The van der Waals surface area contributed by atoms with Gasteiger partial charge >= 0.3 is 5.97 Å². The number of aliphatic hydroxyl groups excluding tert-OH is 1. The molecule has 3 heteroatoms. The van der Waals surface area contributed by atoms with E-state index in [9.17, 15) is 9.90 Å². The Morgan fingerprint density at radius 1 is 1.19 bits per heavy atom. The smallest absolute Gasteiger partial charge is 0.335 e. The Morgan fingerprint density at radius 3 is 2.38 bits per heavy atom. The van der Waals surface area contributed by atoms with Gasteiger partial charge in [-0.05, 0) is 12.3 Å². The molecular formula is C13H26O3. The Morgan fingerprint density at radius 2 is 1.81 bits per heavy atom. The van der Waals surface area contributed by atoms with E-state index in [-0.39, 0.29) is 5.92 Å². The largest absolute Gasteiger partial charge is 0.464 e. The van der Waals surface area contributed by atoms with Crippen molar-refractivity contribution in [2.24, 2.45) is 5.92 Å². The molecule has 0 fully saturated rings. The van der Waals surface area contributed by atoms with Gasteiger partial charge in [0.1, 0.15) is 0 Å². The van der Waals surface area contributed by atoms with Crippen LogP contribution < -0.4 is 0 Å². The van der Waals surface area contributed by atoms with Crippen molar-refractivity contribution in [1.29, 1.82) is 0 Å². The Labute approximate surface area is 99.2 Å². The molecule has 0 aromatic heterocycles. The zero-order valence-corrected chi connectivity index (χ0v) is 10.9. The SMILES string of the molecule is CCCCCCCOC(=O)C(O)C(C)CC. The third kappa shape index (κ3) is 6.83. The van der Waals surface area contributed by atoms with E-state index in [1.165, 1.54) is 19.3 Å². The summed E-state index contributed by atoms with van der Waals surface area (Å²) in [5.74, 6) is -0.488. The molecule has 0 aliphatic rings. The molecule has 0 aliphatic heterocycles. The quantitative estimate of drug-likeness (QED) is 0.489. The van der Waals surface area contributed by atoms with Crippen LogP contribution in [0.25, 0.3) is 0 Å². The first-order chi connectivity index (χ1) is 7.63. The maximum absolute atomic E-state index is 11.4. The predicted octanol–water partition coefficient (Wildman–Crippen LogP) is 2.91. The number of aliphatic hydroxyl groups is 1. The summed E-state index contributed by atoms with van der Waals surface area (Å²) < 4.78 is 5.02. The molecule has 96 valence electrons. The van der Waals surface area contributed by atoms with Crippen molar-refractivity contribution in [2.45, 2.75) is 65.4 Å². The third-order valence-corrected chi connectivity index (χ3v) is 2.92. The molecule has 16 heavy (non-hydrogen) atoms. The van der Waals surface area contributed by atoms with Gasteiger partial charge in [0.15, 0.2) is 6.10 Å². The second-order valence-corrected chi connectivity index (χ2v) is 4.41. The maximum atomic E-state index is 11.4. The van der Waals surface area contributed by atoms with E-state index < -0.39 is 12.1 Å². The van der Waals surface area contributed by atoms with E-state index in [0.717, 1.165) is 19.3 Å². The molecule has 1 N–H and O–H groups in total. The first-order valence-electron chi connectivity index (χ1n) is 6.48. The van der Waals surface area contributed by atoms with Gasteiger partial charge in [-0.3, -0.25) is 0 Å². The molecule has 2 unspecified atom stereocenters. The molecule has 0 amide bonds. The second-order valence-electron chi connectivity index (χ2n) is 4.41. The highest BCUT2D eigenvalue weighted by Gasteiger charge is 2.21. The highest BCUT2D eigenvalue weighted by Crippen LogP contribution is 2.09. The van der Waals surface area contributed by atoms with Crippen molar-refractivity contribution < 1.29 is 14.6 Å². The van der Waals surface area contributed by atoms with Crippen molar-refractivity contribution in [1.82, 2.24) is 0 Å². The Balaban J connectivity index is 3.50. The number of carbonyl (C=O) groups excluding carboxylic acids is 1. The summed E-state index contributed by atoms with van der Waals surface area (Å²) >= 11 is 0. The predicted molar refractivity (Wildman–Crippen MR) is 65.2 cm³/mol. The molecule has 0 aromatic carbocycles. The van der Waals surface area contributed by atoms with Gasteiger partial charge in [0.2, 0.25) is 0 Å². The topological polar surface area (TPSA) is 46.5 Å². The molecule has 3 nitrogen and oxygen atoms in total.